The van der Waals surface area contributed by atoms with E-state index in [1.807, 2.05) is 0 Å². The Morgan fingerprint density at radius 1 is 0.440 bits per heavy atom. The van der Waals surface area contributed by atoms with E-state index < -0.39 is 78.1 Å². The van der Waals surface area contributed by atoms with Gasteiger partial charge in [0.2, 0.25) is 41.4 Å². The molecule has 2 rings (SSSR count). The number of hydrogen-bond donors (Lipinski definition) is 8. The topological polar surface area (TPSA) is 287 Å². The van der Waals surface area contributed by atoms with Gasteiger partial charge in [-0.25, -0.2) is 0 Å². The van der Waals surface area contributed by atoms with Crippen LogP contribution >= 0.6 is 0 Å². The highest BCUT2D eigenvalue weighted by molar-refractivity contribution is 5.95. The second-order valence-corrected chi connectivity index (χ2v) is 21.0. The first-order valence-corrected chi connectivity index (χ1v) is 29.4. The summed E-state index contributed by atoms with van der Waals surface area (Å²) in [5.41, 5.74) is 5.63. The van der Waals surface area contributed by atoms with Crippen LogP contribution in [0, 0.1) is 0 Å². The smallest absolute Gasteiger partial charge is 0.303 e. The minimum absolute atomic E-state index is 0.0868. The number of hydrogen-bond acceptors (Lipinski definition) is 10. The molecule has 5 unspecified atom stereocenters. The number of nitrogens with zero attached hydrogens (tertiary/aromatic N) is 2. The molecule has 5 atom stereocenters. The van der Waals surface area contributed by atoms with Crippen LogP contribution in [0.25, 0.3) is 0 Å². The number of carboxylic acids is 2. The molecule has 0 radical (unpaired) electrons. The van der Waals surface area contributed by atoms with E-state index >= 15 is 0 Å². The summed E-state index contributed by atoms with van der Waals surface area (Å²) in [5.74, 6) is -5.54. The van der Waals surface area contributed by atoms with Gasteiger partial charge in [-0.3, -0.25) is 43.2 Å². The predicted molar refractivity (Wildman–Crippen MR) is 290 cm³/mol. The Hall–Kier alpha value is -4.81. The maximum Gasteiger partial charge on any atom is 0.303 e. The van der Waals surface area contributed by atoms with E-state index in [1.54, 1.807) is 9.80 Å². The molecule has 0 saturated carbocycles. The Kier molecular flexibility index (Phi) is 36.6. The zero-order chi connectivity index (χ0) is 55.1. The summed E-state index contributed by atoms with van der Waals surface area (Å²) < 4.78 is 0. The van der Waals surface area contributed by atoms with E-state index in [0.717, 1.165) is 51.4 Å². The second-order valence-electron chi connectivity index (χ2n) is 21.0. The van der Waals surface area contributed by atoms with Crippen LogP contribution in [0.1, 0.15) is 239 Å². The van der Waals surface area contributed by atoms with Gasteiger partial charge in [0.05, 0.1) is 0 Å². The molecular formula is C56H100N8O11. The van der Waals surface area contributed by atoms with Crippen LogP contribution in [0.15, 0.2) is 0 Å². The fraction of sp³-hybridized carbons (Fsp3) is 0.839. The summed E-state index contributed by atoms with van der Waals surface area (Å²) in [4.78, 5) is 121. The number of rotatable bonds is 45. The van der Waals surface area contributed by atoms with E-state index in [1.165, 1.54) is 89.9 Å². The summed E-state index contributed by atoms with van der Waals surface area (Å²) in [5, 5.41) is 32.4. The largest absolute Gasteiger partial charge is 0.481 e. The summed E-state index contributed by atoms with van der Waals surface area (Å²) in [6.07, 6.45) is 27.6. The van der Waals surface area contributed by atoms with Gasteiger partial charge < -0.3 is 52.3 Å². The highest BCUT2D eigenvalue weighted by Gasteiger charge is 2.37. The van der Waals surface area contributed by atoms with E-state index in [4.69, 9.17) is 5.73 Å². The van der Waals surface area contributed by atoms with Gasteiger partial charge in [0.25, 0.3) is 0 Å². The molecule has 2 fully saturated rings. The van der Waals surface area contributed by atoms with Crippen LogP contribution in [-0.4, -0.2) is 136 Å². The Morgan fingerprint density at radius 2 is 0.800 bits per heavy atom. The van der Waals surface area contributed by atoms with Crippen molar-refractivity contribution in [1.29, 1.82) is 0 Å². The Morgan fingerprint density at radius 3 is 1.19 bits per heavy atom. The average Bonchev–Trinajstić information content (AvgIpc) is 4.10. The number of amides is 7. The molecule has 7 amide bonds. The average molecular weight is 1060 g/mol. The number of likely N-dealkylation sites (tertiary alicyclic amines) is 2. The third kappa shape index (κ3) is 29.3. The van der Waals surface area contributed by atoms with E-state index in [2.05, 4.69) is 40.4 Å². The van der Waals surface area contributed by atoms with Crippen molar-refractivity contribution >= 4 is 53.3 Å². The lowest BCUT2D eigenvalue weighted by molar-refractivity contribution is -0.141. The summed E-state index contributed by atoms with van der Waals surface area (Å²) in [7, 11) is 0. The SMILES string of the molecule is CCCCCCCCCCCCCC(=O)N1CCCC1C(=O)NC(CCC(=O)O)C(=O)NCCCCC(NC(=O)C(CCC(=O)O)NC(=O)C1CCCN1C(=O)CCCCCCCCCCCCC)C(=O)NCCN. The van der Waals surface area contributed by atoms with Crippen LogP contribution in [0.5, 0.6) is 0 Å². The van der Waals surface area contributed by atoms with Crippen molar-refractivity contribution in [2.45, 2.75) is 269 Å². The van der Waals surface area contributed by atoms with Gasteiger partial charge in [-0.05, 0) is 70.6 Å². The lowest BCUT2D eigenvalue weighted by atomic mass is 10.0. The first-order valence-electron chi connectivity index (χ1n) is 29.4. The third-order valence-electron chi connectivity index (χ3n) is 14.6. The number of carboxylic acid groups (broad SMARTS) is 2. The quantitative estimate of drug-likeness (QED) is 0.0289. The summed E-state index contributed by atoms with van der Waals surface area (Å²) in [6, 6.07) is -5.17. The number of nitrogens with two attached hydrogens (primary N) is 1. The van der Waals surface area contributed by atoms with Crippen molar-refractivity contribution in [3.05, 3.63) is 0 Å². The lowest BCUT2D eigenvalue weighted by Crippen LogP contribution is -2.56. The number of aliphatic carboxylic acids is 2. The first-order chi connectivity index (χ1) is 36.2. The highest BCUT2D eigenvalue weighted by atomic mass is 16.4. The molecule has 0 spiro atoms. The molecular weight excluding hydrogens is 961 g/mol. The summed E-state index contributed by atoms with van der Waals surface area (Å²) in [6.45, 7) is 5.59. The van der Waals surface area contributed by atoms with E-state index in [9.17, 15) is 53.4 Å². The van der Waals surface area contributed by atoms with Crippen molar-refractivity contribution in [2.75, 3.05) is 32.7 Å². The number of unbranched alkanes of at least 4 members (excludes halogenated alkanes) is 21. The highest BCUT2D eigenvalue weighted by Crippen LogP contribution is 2.23. The molecule has 0 aliphatic carbocycles. The molecule has 19 nitrogen and oxygen atoms in total. The maximum atomic E-state index is 13.8. The van der Waals surface area contributed by atoms with Crippen LogP contribution in [0.4, 0.5) is 0 Å². The van der Waals surface area contributed by atoms with Crippen LogP contribution in [-0.2, 0) is 43.2 Å². The van der Waals surface area contributed by atoms with Crippen LogP contribution in [0.2, 0.25) is 0 Å². The van der Waals surface area contributed by atoms with Crippen molar-refractivity contribution in [3.63, 3.8) is 0 Å². The number of carbonyl (C=O) groups is 9. The molecule has 19 heteroatoms. The molecule has 2 aliphatic heterocycles. The lowest BCUT2D eigenvalue weighted by Gasteiger charge is -2.27. The molecule has 0 aromatic heterocycles. The van der Waals surface area contributed by atoms with Gasteiger partial charge in [0, 0.05) is 58.4 Å². The van der Waals surface area contributed by atoms with Crippen molar-refractivity contribution in [2.24, 2.45) is 5.73 Å². The molecule has 2 aliphatic rings. The predicted octanol–water partition coefficient (Wildman–Crippen LogP) is 6.92. The Bertz CT molecular complexity index is 1700. The second kappa shape index (κ2) is 41.4. The van der Waals surface area contributed by atoms with E-state index in [0.29, 0.717) is 64.5 Å². The first kappa shape index (κ1) is 66.3. The van der Waals surface area contributed by atoms with Crippen molar-refractivity contribution in [1.82, 2.24) is 36.4 Å². The molecule has 75 heavy (non-hydrogen) atoms. The van der Waals surface area contributed by atoms with Gasteiger partial charge in [-0.2, -0.15) is 0 Å². The monoisotopic (exact) mass is 1060 g/mol. The van der Waals surface area contributed by atoms with Gasteiger partial charge in [-0.15, -0.1) is 0 Å². The fourth-order valence-electron chi connectivity index (χ4n) is 10.1. The van der Waals surface area contributed by atoms with E-state index in [-0.39, 0.29) is 57.1 Å². The molecule has 0 bridgehead atoms. The van der Waals surface area contributed by atoms with Gasteiger partial charge in [0.1, 0.15) is 30.2 Å². The summed E-state index contributed by atoms with van der Waals surface area (Å²) >= 11 is 0. The minimum Gasteiger partial charge on any atom is -0.481 e. The third-order valence-corrected chi connectivity index (χ3v) is 14.6. The van der Waals surface area contributed by atoms with Crippen LogP contribution < -0.4 is 32.3 Å². The molecule has 2 heterocycles. The maximum absolute atomic E-state index is 13.8. The Balaban J connectivity index is 1.93. The van der Waals surface area contributed by atoms with Gasteiger partial charge in [-0.1, -0.05) is 142 Å². The Labute approximate surface area is 448 Å². The van der Waals surface area contributed by atoms with Gasteiger partial charge >= 0.3 is 11.9 Å². The van der Waals surface area contributed by atoms with Crippen molar-refractivity contribution < 1.29 is 53.4 Å². The minimum atomic E-state index is -1.32. The number of nitrogens with one attached hydrogen (secondary N) is 5. The normalized spacial score (nSPS) is 16.5. The van der Waals surface area contributed by atoms with Crippen LogP contribution in [0.3, 0.4) is 0 Å². The standard InChI is InChI=1S/C56H100N8O11/c1-3-5-7-9-11-13-15-17-19-21-23-32-48(65)63-41-27-30-46(63)55(74)61-44(34-36-50(67)68)53(72)58-39-26-25-29-43(52(71)59-40-38-57)60-54(73)45(35-37-51(69)70)62-56(75)47-31-28-42-64(47)49(66)33-24-22-20-18-16-14-12-10-8-6-4-2/h43-47H,3-42,57H2,1-2H3,(H,58,72)(H,59,71)(H,60,73)(H,61,74)(H,62,75)(H,67,68)(H,69,70). The fourth-order valence-corrected chi connectivity index (χ4v) is 10.1. The molecule has 0 aromatic rings. The zero-order valence-electron chi connectivity index (χ0n) is 46.2. The molecule has 0 aromatic carbocycles. The zero-order valence-corrected chi connectivity index (χ0v) is 46.2. The van der Waals surface area contributed by atoms with Crippen molar-refractivity contribution in [3.8, 4) is 0 Å². The van der Waals surface area contributed by atoms with Gasteiger partial charge in [0.15, 0.2) is 0 Å². The molecule has 9 N–H and O–H groups in total. The number of carbonyl (C=O) groups excluding carboxylic acids is 7. The molecule has 2 saturated heterocycles. The molecule has 430 valence electrons.